The topological polar surface area (TPSA) is 336 Å². The summed E-state index contributed by atoms with van der Waals surface area (Å²) in [4.78, 5) is 103. The number of hydrogen-bond donors (Lipinski definition) is 11. The first-order valence-corrected chi connectivity index (χ1v) is 16.8. The van der Waals surface area contributed by atoms with Crippen LogP contribution in [0.25, 0.3) is 0 Å². The third-order valence-electron chi connectivity index (χ3n) is 9.41. The summed E-state index contributed by atoms with van der Waals surface area (Å²) in [6.07, 6.45) is -1.66. The number of ketones is 1. The van der Waals surface area contributed by atoms with E-state index in [4.69, 9.17) is 11.5 Å². The molecule has 4 unspecified atom stereocenters. The molecule has 2 saturated heterocycles. The maximum atomic E-state index is 13.4. The number of carboxylic acid groups (broad SMARTS) is 2. The molecule has 2 aliphatic heterocycles. The van der Waals surface area contributed by atoms with Crippen LogP contribution in [-0.4, -0.2) is 158 Å². The van der Waals surface area contributed by atoms with Crippen LogP contribution in [0.3, 0.4) is 0 Å². The Labute approximate surface area is 293 Å². The van der Waals surface area contributed by atoms with E-state index in [0.717, 1.165) is 4.90 Å². The normalized spacial score (nSPS) is 26.6. The molecule has 3 fully saturated rings. The molecule has 0 aromatic rings. The quantitative estimate of drug-likeness (QED) is 0.0436. The van der Waals surface area contributed by atoms with Crippen molar-refractivity contribution in [2.24, 2.45) is 17.4 Å². The van der Waals surface area contributed by atoms with Crippen molar-refractivity contribution in [3.8, 4) is 0 Å². The maximum Gasteiger partial charge on any atom is 0.326 e. The molecule has 5 amide bonds. The van der Waals surface area contributed by atoms with Crippen LogP contribution < -0.4 is 38.1 Å². The van der Waals surface area contributed by atoms with Crippen molar-refractivity contribution < 1.29 is 58.8 Å². The Morgan fingerprint density at radius 3 is 2.27 bits per heavy atom. The fourth-order valence-corrected chi connectivity index (χ4v) is 6.78. The summed E-state index contributed by atoms with van der Waals surface area (Å²) in [6, 6.07) is -7.79. The fraction of sp³-hybridized carbons (Fsp3) is 0.733. The molecule has 2 heterocycles. The van der Waals surface area contributed by atoms with Crippen LogP contribution in [0.1, 0.15) is 52.4 Å². The van der Waals surface area contributed by atoms with Gasteiger partial charge in [-0.3, -0.25) is 43.8 Å². The van der Waals surface area contributed by atoms with E-state index < -0.39 is 122 Å². The number of aliphatic carboxylic acids is 2. The Balaban J connectivity index is 1.58. The van der Waals surface area contributed by atoms with Crippen molar-refractivity contribution in [3.63, 3.8) is 0 Å². The number of carbonyl (C=O) groups excluding carboxylic acids is 6. The molecule has 0 radical (unpaired) electrons. The molecular weight excluding hydrogens is 678 g/mol. The number of carbonyl (C=O) groups is 8. The van der Waals surface area contributed by atoms with Crippen molar-refractivity contribution in [3.05, 3.63) is 0 Å². The molecule has 0 aromatic carbocycles. The highest BCUT2D eigenvalue weighted by molar-refractivity contribution is 5.98. The number of rotatable bonds is 19. The molecule has 21 nitrogen and oxygen atoms in total. The van der Waals surface area contributed by atoms with Crippen molar-refractivity contribution >= 4 is 47.3 Å². The van der Waals surface area contributed by atoms with E-state index in [1.165, 1.54) is 6.92 Å². The zero-order chi connectivity index (χ0) is 38.2. The average molecular weight is 728 g/mol. The Bertz CT molecular complexity index is 1340. The van der Waals surface area contributed by atoms with Crippen LogP contribution in [0, 0.1) is 5.92 Å². The van der Waals surface area contributed by atoms with E-state index in [-0.39, 0.29) is 31.6 Å². The summed E-state index contributed by atoms with van der Waals surface area (Å²) in [5, 5.41) is 51.2. The highest BCUT2D eigenvalue weighted by Gasteiger charge is 2.52. The third-order valence-corrected chi connectivity index (χ3v) is 9.41. The Morgan fingerprint density at radius 2 is 1.69 bits per heavy atom. The summed E-state index contributed by atoms with van der Waals surface area (Å²) >= 11 is 0. The zero-order valence-corrected chi connectivity index (χ0v) is 28.4. The molecule has 3 rings (SSSR count). The first kappa shape index (κ1) is 41.1. The molecule has 0 aromatic heterocycles. The molecule has 1 aliphatic carbocycles. The molecule has 0 spiro atoms. The summed E-state index contributed by atoms with van der Waals surface area (Å²) in [7, 11) is 0. The van der Waals surface area contributed by atoms with Gasteiger partial charge in [-0.2, -0.15) is 0 Å². The van der Waals surface area contributed by atoms with Gasteiger partial charge >= 0.3 is 11.9 Å². The van der Waals surface area contributed by atoms with Crippen molar-refractivity contribution in [1.29, 1.82) is 0 Å². The van der Waals surface area contributed by atoms with Gasteiger partial charge in [-0.25, -0.2) is 4.79 Å². The summed E-state index contributed by atoms with van der Waals surface area (Å²) in [5.41, 5.74) is 10.8. The molecule has 3 aliphatic rings. The van der Waals surface area contributed by atoms with Crippen LogP contribution in [0.15, 0.2) is 0 Å². The Morgan fingerprint density at radius 1 is 1.00 bits per heavy atom. The minimum Gasteiger partial charge on any atom is -0.481 e. The van der Waals surface area contributed by atoms with Crippen LogP contribution in [0.5, 0.6) is 0 Å². The van der Waals surface area contributed by atoms with Gasteiger partial charge in [0.2, 0.25) is 29.5 Å². The van der Waals surface area contributed by atoms with E-state index in [1.54, 1.807) is 11.8 Å². The fourth-order valence-electron chi connectivity index (χ4n) is 6.78. The van der Waals surface area contributed by atoms with E-state index in [1.807, 2.05) is 0 Å². The van der Waals surface area contributed by atoms with Gasteiger partial charge in [0.1, 0.15) is 36.6 Å². The van der Waals surface area contributed by atoms with E-state index >= 15 is 0 Å². The molecule has 1 saturated carbocycles. The second-order valence-electron chi connectivity index (χ2n) is 13.1. The standard InChI is InChI=1S/C30H49N9O12/c1-13-9-17(28(49)39(13)19(12-40)27(48)36-15(29(50)51)5-3-7-33-30(31)32)37-25(46)16(10-21(42)43)35-20(41)11-34-26(47)18-6-4-8-38(18)22-14(2)23(44)24(22)45/h13-19,22,24,30,33,40,45H,3-12,31-32H2,1-2H3,(H,34,47)(H,35,41)(H,36,48)(H,37,46)(H,42,43)(H,50,51)/t13?,14?,15?,16-,17?,18-,19-,22+,24+/m1/s1. The number of nitrogens with zero attached hydrogens (tertiary/aromatic N) is 2. The number of aliphatic hydroxyl groups excluding tert-OH is 2. The van der Waals surface area contributed by atoms with Crippen molar-refractivity contribution in [1.82, 2.24) is 36.4 Å². The first-order chi connectivity index (χ1) is 24.0. The lowest BCUT2D eigenvalue weighted by molar-refractivity contribution is -0.157. The number of carboxylic acids is 2. The van der Waals surface area contributed by atoms with E-state index in [9.17, 15) is 58.8 Å². The van der Waals surface area contributed by atoms with Crippen molar-refractivity contribution in [2.45, 2.75) is 107 Å². The SMILES string of the molecule is CC1C(=O)[C@@H](O)[C@H]1N1CCC[C@@H]1C(=O)NCC(=O)N[C@H](CC(=O)O)C(=O)NC1CC(C)N([C@H](CO)C(=O)NC(CCCNC(N)N)C(=O)O)C1=O. The summed E-state index contributed by atoms with van der Waals surface area (Å²) in [5.74, 6) is -7.81. The van der Waals surface area contributed by atoms with Crippen molar-refractivity contribution in [2.75, 3.05) is 26.2 Å². The average Bonchev–Trinajstić information content (AvgIpc) is 3.64. The molecular formula is C30H49N9O12. The first-order valence-electron chi connectivity index (χ1n) is 16.8. The van der Waals surface area contributed by atoms with Gasteiger partial charge in [-0.15, -0.1) is 0 Å². The van der Waals surface area contributed by atoms with Gasteiger partial charge in [0, 0.05) is 12.0 Å². The highest BCUT2D eigenvalue weighted by Crippen LogP contribution is 2.34. The third kappa shape index (κ3) is 10.4. The molecule has 286 valence electrons. The van der Waals surface area contributed by atoms with Gasteiger partial charge in [0.15, 0.2) is 5.78 Å². The zero-order valence-electron chi connectivity index (χ0n) is 28.4. The molecule has 0 bridgehead atoms. The lowest BCUT2D eigenvalue weighted by Gasteiger charge is -2.45. The predicted octanol–water partition coefficient (Wildman–Crippen LogP) is -5.92. The van der Waals surface area contributed by atoms with Gasteiger partial charge in [0.05, 0.1) is 31.7 Å². The number of amides is 5. The molecule has 13 N–H and O–H groups in total. The lowest BCUT2D eigenvalue weighted by atomic mass is 9.75. The van der Waals surface area contributed by atoms with Gasteiger partial charge in [0.25, 0.3) is 0 Å². The second kappa shape index (κ2) is 18.3. The summed E-state index contributed by atoms with van der Waals surface area (Å²) < 4.78 is 0. The molecule has 21 heteroatoms. The smallest absolute Gasteiger partial charge is 0.326 e. The predicted molar refractivity (Wildman–Crippen MR) is 174 cm³/mol. The Kier molecular flexibility index (Phi) is 14.7. The minimum absolute atomic E-state index is 0.0213. The molecule has 51 heavy (non-hydrogen) atoms. The number of aliphatic hydroxyl groups is 2. The van der Waals surface area contributed by atoms with Gasteiger partial charge in [-0.1, -0.05) is 6.92 Å². The van der Waals surface area contributed by atoms with Crippen LogP contribution in [0.4, 0.5) is 0 Å². The largest absolute Gasteiger partial charge is 0.481 e. The second-order valence-corrected chi connectivity index (χ2v) is 13.1. The van der Waals surface area contributed by atoms with Crippen LogP contribution in [0.2, 0.25) is 0 Å². The molecule has 9 atom stereocenters. The number of Topliss-reactive ketones (excluding diaryl/α,β-unsaturated/α-hetero) is 1. The lowest BCUT2D eigenvalue weighted by Crippen LogP contribution is -2.65. The number of nitrogens with two attached hydrogens (primary N) is 2. The van der Waals surface area contributed by atoms with E-state index in [0.29, 0.717) is 19.4 Å². The minimum atomic E-state index is -1.67. The maximum absolute atomic E-state index is 13.4. The number of likely N-dealkylation sites (tertiary alicyclic amines) is 2. The van der Waals surface area contributed by atoms with E-state index in [2.05, 4.69) is 26.6 Å². The summed E-state index contributed by atoms with van der Waals surface area (Å²) in [6.45, 7) is 2.42. The van der Waals surface area contributed by atoms with Gasteiger partial charge < -0.3 is 58.1 Å². The Hall–Kier alpha value is -4.28. The number of hydrogen-bond acceptors (Lipinski definition) is 14. The van der Waals surface area contributed by atoms with Crippen LogP contribution in [-0.2, 0) is 38.4 Å². The van der Waals surface area contributed by atoms with Crippen LogP contribution >= 0.6 is 0 Å². The monoisotopic (exact) mass is 727 g/mol. The highest BCUT2D eigenvalue weighted by atomic mass is 16.4. The van der Waals surface area contributed by atoms with Gasteiger partial charge in [-0.05, 0) is 52.1 Å². The number of nitrogens with one attached hydrogen (secondary N) is 5.